The molecule has 0 saturated heterocycles. The average Bonchev–Trinajstić information content (AvgIpc) is 2.74. The molecule has 0 aliphatic rings. The Labute approximate surface area is 171 Å². The smallest absolute Gasteiger partial charge is 0.313 e. The minimum Gasteiger partial charge on any atom is -0.455 e. The summed E-state index contributed by atoms with van der Waals surface area (Å²) in [4.78, 5) is 38.7. The molecule has 0 spiro atoms. The first-order valence-electron chi connectivity index (χ1n) is 9.90. The number of hydrogen-bond donors (Lipinski definition) is 1. The van der Waals surface area contributed by atoms with Crippen molar-refractivity contribution in [3.63, 3.8) is 0 Å². The monoisotopic (exact) mass is 396 g/mol. The Balaban J connectivity index is 1.95. The number of carbonyl (C=O) groups excluding carboxylic acids is 3. The van der Waals surface area contributed by atoms with Crippen LogP contribution in [0.2, 0.25) is 0 Å². The quantitative estimate of drug-likeness (QED) is 0.654. The van der Waals surface area contributed by atoms with Crippen LogP contribution in [0.15, 0.2) is 54.6 Å². The van der Waals surface area contributed by atoms with E-state index in [2.05, 4.69) is 5.32 Å². The molecule has 0 aromatic heterocycles. The van der Waals surface area contributed by atoms with Crippen LogP contribution in [0.5, 0.6) is 0 Å². The fraction of sp³-hybridized carbons (Fsp3) is 0.348. The lowest BCUT2D eigenvalue weighted by molar-refractivity contribution is -0.149. The summed E-state index contributed by atoms with van der Waals surface area (Å²) >= 11 is 0. The lowest BCUT2D eigenvalue weighted by Crippen LogP contribution is -2.30. The van der Waals surface area contributed by atoms with Crippen LogP contribution in [0.3, 0.4) is 0 Å². The molecule has 0 aliphatic carbocycles. The van der Waals surface area contributed by atoms with Gasteiger partial charge in [-0.25, -0.2) is 0 Å². The van der Waals surface area contributed by atoms with Crippen molar-refractivity contribution in [2.75, 3.05) is 25.0 Å². The third kappa shape index (κ3) is 6.17. The molecule has 2 amide bonds. The van der Waals surface area contributed by atoms with Gasteiger partial charge in [-0.05, 0) is 44.0 Å². The van der Waals surface area contributed by atoms with Crippen molar-refractivity contribution in [3.8, 4) is 0 Å². The maximum atomic E-state index is 12.4. The van der Waals surface area contributed by atoms with E-state index in [1.54, 1.807) is 29.2 Å². The van der Waals surface area contributed by atoms with E-state index >= 15 is 0 Å². The van der Waals surface area contributed by atoms with E-state index in [1.165, 1.54) is 0 Å². The van der Waals surface area contributed by atoms with Crippen LogP contribution in [0.1, 0.15) is 49.0 Å². The zero-order valence-electron chi connectivity index (χ0n) is 17.2. The maximum absolute atomic E-state index is 12.4. The zero-order chi connectivity index (χ0) is 21.2. The summed E-state index contributed by atoms with van der Waals surface area (Å²) in [7, 11) is 0. The van der Waals surface area contributed by atoms with E-state index in [4.69, 9.17) is 4.74 Å². The highest BCUT2D eigenvalue weighted by atomic mass is 16.5. The number of ether oxygens (including phenoxy) is 1. The molecule has 2 aromatic carbocycles. The molecule has 0 unspecified atom stereocenters. The standard InChI is InChI=1S/C23H28N2O4/c1-4-20(17-11-8-7-9-12-17)23(28)29-16-21(26)24-19-14-10-13-18(15-19)22(27)25(5-2)6-3/h7-15,20H,4-6,16H2,1-3H3,(H,24,26)/t20-/m0/s1. The molecule has 0 radical (unpaired) electrons. The highest BCUT2D eigenvalue weighted by Gasteiger charge is 2.21. The minimum absolute atomic E-state index is 0.0915. The van der Waals surface area contributed by atoms with E-state index in [-0.39, 0.29) is 12.5 Å². The third-order valence-corrected chi connectivity index (χ3v) is 4.68. The van der Waals surface area contributed by atoms with Gasteiger partial charge in [-0.1, -0.05) is 43.3 Å². The van der Waals surface area contributed by atoms with Gasteiger partial charge in [-0.3, -0.25) is 14.4 Å². The molecule has 1 atom stereocenters. The van der Waals surface area contributed by atoms with Gasteiger partial charge in [0.05, 0.1) is 5.92 Å². The van der Waals surface area contributed by atoms with E-state index in [1.807, 2.05) is 51.1 Å². The highest BCUT2D eigenvalue weighted by molar-refractivity contribution is 5.97. The normalized spacial score (nSPS) is 11.4. The largest absolute Gasteiger partial charge is 0.455 e. The summed E-state index contributed by atoms with van der Waals surface area (Å²) in [6.07, 6.45) is 0.583. The zero-order valence-corrected chi connectivity index (χ0v) is 17.2. The first kappa shape index (κ1) is 22.1. The summed E-state index contributed by atoms with van der Waals surface area (Å²) in [5.41, 5.74) is 1.85. The number of nitrogens with one attached hydrogen (secondary N) is 1. The number of rotatable bonds is 9. The van der Waals surface area contributed by atoms with Crippen molar-refractivity contribution in [1.29, 1.82) is 0 Å². The first-order chi connectivity index (χ1) is 14.0. The first-order valence-corrected chi connectivity index (χ1v) is 9.90. The molecule has 0 saturated carbocycles. The highest BCUT2D eigenvalue weighted by Crippen LogP contribution is 2.20. The molecule has 6 heteroatoms. The topological polar surface area (TPSA) is 75.7 Å². The van der Waals surface area contributed by atoms with Crippen molar-refractivity contribution in [2.45, 2.75) is 33.1 Å². The average molecular weight is 396 g/mol. The van der Waals surface area contributed by atoms with Gasteiger partial charge in [0.15, 0.2) is 6.61 Å². The van der Waals surface area contributed by atoms with Gasteiger partial charge >= 0.3 is 5.97 Å². The lowest BCUT2D eigenvalue weighted by atomic mass is 9.97. The molecule has 0 heterocycles. The second-order valence-electron chi connectivity index (χ2n) is 6.59. The predicted molar refractivity (Wildman–Crippen MR) is 113 cm³/mol. The van der Waals surface area contributed by atoms with Crippen molar-refractivity contribution in [2.24, 2.45) is 0 Å². The Kier molecular flexibility index (Phi) is 8.40. The maximum Gasteiger partial charge on any atom is 0.313 e. The van der Waals surface area contributed by atoms with Crippen molar-refractivity contribution < 1.29 is 19.1 Å². The summed E-state index contributed by atoms with van der Waals surface area (Å²) in [5, 5.41) is 2.68. The van der Waals surface area contributed by atoms with E-state index < -0.39 is 17.8 Å². The fourth-order valence-corrected chi connectivity index (χ4v) is 3.08. The van der Waals surface area contributed by atoms with Crippen LogP contribution in [0.25, 0.3) is 0 Å². The summed E-state index contributed by atoms with van der Waals surface area (Å²) in [5.74, 6) is -1.38. The Hall–Kier alpha value is -3.15. The van der Waals surface area contributed by atoms with Gasteiger partial charge in [0.25, 0.3) is 11.8 Å². The number of nitrogens with zero attached hydrogens (tertiary/aromatic N) is 1. The fourth-order valence-electron chi connectivity index (χ4n) is 3.08. The molecule has 1 N–H and O–H groups in total. The number of benzene rings is 2. The summed E-state index contributed by atoms with van der Waals surface area (Å²) in [6, 6.07) is 16.1. The van der Waals surface area contributed by atoms with Crippen LogP contribution in [0, 0.1) is 0 Å². The SMILES string of the molecule is CC[C@H](C(=O)OCC(=O)Nc1cccc(C(=O)N(CC)CC)c1)c1ccccc1. The van der Waals surface area contributed by atoms with Crippen LogP contribution >= 0.6 is 0 Å². The van der Waals surface area contributed by atoms with Crippen LogP contribution < -0.4 is 5.32 Å². The van der Waals surface area contributed by atoms with Gasteiger partial charge in [-0.2, -0.15) is 0 Å². The number of carbonyl (C=O) groups is 3. The van der Waals surface area contributed by atoms with Gasteiger partial charge in [-0.15, -0.1) is 0 Å². The molecule has 2 aromatic rings. The summed E-state index contributed by atoms with van der Waals surface area (Å²) in [6.45, 7) is 6.58. The number of hydrogen-bond acceptors (Lipinski definition) is 4. The van der Waals surface area contributed by atoms with Gasteiger partial charge in [0.2, 0.25) is 0 Å². The lowest BCUT2D eigenvalue weighted by Gasteiger charge is -2.19. The Morgan fingerprint density at radius 3 is 2.28 bits per heavy atom. The number of esters is 1. The molecule has 0 fully saturated rings. The van der Waals surface area contributed by atoms with Crippen LogP contribution in [0.4, 0.5) is 5.69 Å². The van der Waals surface area contributed by atoms with E-state index in [0.29, 0.717) is 30.8 Å². The van der Waals surface area contributed by atoms with Crippen LogP contribution in [-0.4, -0.2) is 42.4 Å². The third-order valence-electron chi connectivity index (χ3n) is 4.68. The second kappa shape index (κ2) is 11.0. The van der Waals surface area contributed by atoms with Crippen molar-refractivity contribution >= 4 is 23.5 Å². The minimum atomic E-state index is -0.450. The second-order valence-corrected chi connectivity index (χ2v) is 6.59. The summed E-state index contributed by atoms with van der Waals surface area (Å²) < 4.78 is 5.21. The molecule has 2 rings (SSSR count). The van der Waals surface area contributed by atoms with Crippen LogP contribution in [-0.2, 0) is 14.3 Å². The Bertz CT molecular complexity index is 832. The van der Waals surface area contributed by atoms with Crippen molar-refractivity contribution in [3.05, 3.63) is 65.7 Å². The molecular weight excluding hydrogens is 368 g/mol. The number of amides is 2. The Morgan fingerprint density at radius 1 is 0.966 bits per heavy atom. The predicted octanol–water partition coefficient (Wildman–Crippen LogP) is 3.84. The Morgan fingerprint density at radius 2 is 1.66 bits per heavy atom. The molecule has 0 aliphatic heterocycles. The van der Waals surface area contributed by atoms with Gasteiger partial charge in [0, 0.05) is 24.3 Å². The van der Waals surface area contributed by atoms with Crippen molar-refractivity contribution in [1.82, 2.24) is 4.90 Å². The molecule has 0 bridgehead atoms. The molecular formula is C23H28N2O4. The molecule has 29 heavy (non-hydrogen) atoms. The van der Waals surface area contributed by atoms with E-state index in [0.717, 1.165) is 5.56 Å². The molecule has 6 nitrogen and oxygen atoms in total. The van der Waals surface area contributed by atoms with Gasteiger partial charge in [0.1, 0.15) is 0 Å². The van der Waals surface area contributed by atoms with E-state index in [9.17, 15) is 14.4 Å². The molecule has 154 valence electrons. The van der Waals surface area contributed by atoms with Gasteiger partial charge < -0.3 is 15.0 Å². The number of anilines is 1.